The Hall–Kier alpha value is -2.57. The summed E-state index contributed by atoms with van der Waals surface area (Å²) in [6, 6.07) is 15.3. The van der Waals surface area contributed by atoms with Gasteiger partial charge in [0.15, 0.2) is 5.58 Å². The summed E-state index contributed by atoms with van der Waals surface area (Å²) in [4.78, 5) is 19.1. The van der Waals surface area contributed by atoms with E-state index in [1.807, 2.05) is 24.3 Å². The molecule has 1 aliphatic rings. The van der Waals surface area contributed by atoms with Gasteiger partial charge in [0.2, 0.25) is 5.91 Å². The van der Waals surface area contributed by atoms with Crippen LogP contribution < -0.4 is 10.2 Å². The van der Waals surface area contributed by atoms with Crippen LogP contribution in [-0.4, -0.2) is 35.6 Å². The molecule has 28 heavy (non-hydrogen) atoms. The Balaban J connectivity index is 1.29. The van der Waals surface area contributed by atoms with Crippen LogP contribution in [-0.2, 0) is 4.79 Å². The van der Waals surface area contributed by atoms with Gasteiger partial charge in [0.05, 0.1) is 6.10 Å². The van der Waals surface area contributed by atoms with Gasteiger partial charge >= 0.3 is 0 Å². The Labute approximate surface area is 168 Å². The predicted octanol–water partition coefficient (Wildman–Crippen LogP) is 3.55. The molecule has 2 heterocycles. The standard InChI is InChI=1S/C21H22ClN3O3/c22-16-5-3-4-15(12-16)18(26)13-23-20(27)14-8-10-25(11-9-14)21-24-17-6-1-2-7-19(17)28-21/h1-7,12,14,18,26H,8-11,13H2,(H,23,27). The third-order valence-corrected chi connectivity index (χ3v) is 5.36. The summed E-state index contributed by atoms with van der Waals surface area (Å²) in [6.07, 6.45) is 0.665. The van der Waals surface area contributed by atoms with Crippen LogP contribution in [0.2, 0.25) is 5.02 Å². The quantitative estimate of drug-likeness (QED) is 0.686. The minimum atomic E-state index is -0.775. The normalized spacial score (nSPS) is 16.3. The molecule has 1 fully saturated rings. The number of anilines is 1. The number of halogens is 1. The fraction of sp³-hybridized carbons (Fsp3) is 0.333. The largest absolute Gasteiger partial charge is 0.423 e. The molecule has 0 saturated carbocycles. The van der Waals surface area contributed by atoms with Gasteiger partial charge in [-0.05, 0) is 42.7 Å². The van der Waals surface area contributed by atoms with E-state index in [9.17, 15) is 9.90 Å². The Morgan fingerprint density at radius 2 is 2.04 bits per heavy atom. The van der Waals surface area contributed by atoms with E-state index in [0.717, 1.165) is 23.9 Å². The van der Waals surface area contributed by atoms with Crippen molar-refractivity contribution in [1.29, 1.82) is 0 Å². The lowest BCUT2D eigenvalue weighted by atomic mass is 9.96. The summed E-state index contributed by atoms with van der Waals surface area (Å²) < 4.78 is 5.81. The Morgan fingerprint density at radius 3 is 2.79 bits per heavy atom. The van der Waals surface area contributed by atoms with Crippen molar-refractivity contribution in [2.75, 3.05) is 24.5 Å². The zero-order valence-electron chi connectivity index (χ0n) is 15.3. The second-order valence-corrected chi connectivity index (χ2v) is 7.48. The molecule has 2 N–H and O–H groups in total. The number of nitrogens with zero attached hydrogens (tertiary/aromatic N) is 2. The molecular formula is C21H22ClN3O3. The molecule has 7 heteroatoms. The molecule has 2 aromatic carbocycles. The van der Waals surface area contributed by atoms with E-state index in [-0.39, 0.29) is 18.4 Å². The second-order valence-electron chi connectivity index (χ2n) is 7.04. The van der Waals surface area contributed by atoms with Crippen LogP contribution in [0.1, 0.15) is 24.5 Å². The maximum absolute atomic E-state index is 12.5. The predicted molar refractivity (Wildman–Crippen MR) is 108 cm³/mol. The molecule has 0 aliphatic carbocycles. The minimum absolute atomic E-state index is 0.0294. The number of fused-ring (bicyclic) bond motifs is 1. The second kappa shape index (κ2) is 8.20. The summed E-state index contributed by atoms with van der Waals surface area (Å²) in [6.45, 7) is 1.59. The summed E-state index contributed by atoms with van der Waals surface area (Å²) in [5, 5.41) is 13.7. The summed E-state index contributed by atoms with van der Waals surface area (Å²) in [5.41, 5.74) is 2.30. The highest BCUT2D eigenvalue weighted by Crippen LogP contribution is 2.26. The highest BCUT2D eigenvalue weighted by Gasteiger charge is 2.27. The Kier molecular flexibility index (Phi) is 5.50. The zero-order chi connectivity index (χ0) is 19.5. The number of hydrogen-bond acceptors (Lipinski definition) is 5. The highest BCUT2D eigenvalue weighted by molar-refractivity contribution is 6.30. The molecule has 1 aromatic heterocycles. The van der Waals surface area contributed by atoms with E-state index in [4.69, 9.17) is 16.0 Å². The SMILES string of the molecule is O=C(NCC(O)c1cccc(Cl)c1)C1CCN(c2nc3ccccc3o2)CC1. The van der Waals surface area contributed by atoms with E-state index >= 15 is 0 Å². The molecule has 1 saturated heterocycles. The smallest absolute Gasteiger partial charge is 0.298 e. The lowest BCUT2D eigenvalue weighted by Crippen LogP contribution is -2.41. The van der Waals surface area contributed by atoms with Crippen LogP contribution in [0.3, 0.4) is 0 Å². The number of amides is 1. The number of carbonyl (C=O) groups excluding carboxylic acids is 1. The number of hydrogen-bond donors (Lipinski definition) is 2. The number of oxazole rings is 1. The first-order valence-corrected chi connectivity index (χ1v) is 9.80. The van der Waals surface area contributed by atoms with E-state index in [1.54, 1.807) is 24.3 Å². The van der Waals surface area contributed by atoms with Gasteiger partial charge in [-0.2, -0.15) is 4.98 Å². The first kappa shape index (κ1) is 18.8. The average Bonchev–Trinajstić information content (AvgIpc) is 3.16. The van der Waals surface area contributed by atoms with Crippen LogP contribution >= 0.6 is 11.6 Å². The van der Waals surface area contributed by atoms with Crippen LogP contribution in [0.15, 0.2) is 52.9 Å². The van der Waals surface area contributed by atoms with Crippen molar-refractivity contribution in [1.82, 2.24) is 10.3 Å². The lowest BCUT2D eigenvalue weighted by molar-refractivity contribution is -0.126. The van der Waals surface area contributed by atoms with Crippen molar-refractivity contribution >= 4 is 34.6 Å². The number of rotatable bonds is 5. The van der Waals surface area contributed by atoms with Gasteiger partial charge < -0.3 is 19.7 Å². The summed E-state index contributed by atoms with van der Waals surface area (Å²) in [7, 11) is 0. The summed E-state index contributed by atoms with van der Waals surface area (Å²) in [5.74, 6) is -0.106. The maximum atomic E-state index is 12.5. The number of nitrogens with one attached hydrogen (secondary N) is 1. The lowest BCUT2D eigenvalue weighted by Gasteiger charge is -2.30. The van der Waals surface area contributed by atoms with E-state index in [0.29, 0.717) is 29.7 Å². The number of para-hydroxylation sites is 2. The zero-order valence-corrected chi connectivity index (χ0v) is 16.1. The number of aromatic nitrogens is 1. The molecule has 1 amide bonds. The van der Waals surface area contributed by atoms with Gasteiger partial charge in [-0.3, -0.25) is 4.79 Å². The highest BCUT2D eigenvalue weighted by atomic mass is 35.5. The van der Waals surface area contributed by atoms with Crippen molar-refractivity contribution in [2.45, 2.75) is 18.9 Å². The van der Waals surface area contributed by atoms with Gasteiger partial charge in [0.25, 0.3) is 6.01 Å². The third kappa shape index (κ3) is 4.13. The van der Waals surface area contributed by atoms with E-state index in [2.05, 4.69) is 15.2 Å². The monoisotopic (exact) mass is 399 g/mol. The average molecular weight is 400 g/mol. The van der Waals surface area contributed by atoms with Crippen LogP contribution in [0, 0.1) is 5.92 Å². The molecule has 1 unspecified atom stereocenters. The summed E-state index contributed by atoms with van der Waals surface area (Å²) >= 11 is 5.95. The van der Waals surface area contributed by atoms with Crippen molar-refractivity contribution in [3.63, 3.8) is 0 Å². The van der Waals surface area contributed by atoms with Gasteiger partial charge in [0, 0.05) is 30.6 Å². The molecule has 1 aliphatic heterocycles. The van der Waals surface area contributed by atoms with E-state index in [1.165, 1.54) is 0 Å². The first-order chi connectivity index (χ1) is 13.6. The van der Waals surface area contributed by atoms with Gasteiger partial charge in [-0.15, -0.1) is 0 Å². The molecule has 4 rings (SSSR count). The Bertz CT molecular complexity index is 933. The first-order valence-electron chi connectivity index (χ1n) is 9.42. The van der Waals surface area contributed by atoms with Gasteiger partial charge in [-0.1, -0.05) is 35.9 Å². The fourth-order valence-corrected chi connectivity index (χ4v) is 3.70. The van der Waals surface area contributed by atoms with E-state index < -0.39 is 6.10 Å². The topological polar surface area (TPSA) is 78.6 Å². The molecule has 6 nitrogen and oxygen atoms in total. The van der Waals surface area contributed by atoms with Crippen LogP contribution in [0.5, 0.6) is 0 Å². The molecular weight excluding hydrogens is 378 g/mol. The van der Waals surface area contributed by atoms with Crippen molar-refractivity contribution in [3.8, 4) is 0 Å². The molecule has 1 atom stereocenters. The molecule has 0 spiro atoms. The molecule has 3 aromatic rings. The minimum Gasteiger partial charge on any atom is -0.423 e. The third-order valence-electron chi connectivity index (χ3n) is 5.12. The Morgan fingerprint density at radius 1 is 1.25 bits per heavy atom. The number of aliphatic hydroxyl groups excluding tert-OH is 1. The van der Waals surface area contributed by atoms with Gasteiger partial charge in [-0.25, -0.2) is 0 Å². The van der Waals surface area contributed by atoms with Gasteiger partial charge in [0.1, 0.15) is 5.52 Å². The number of carbonyl (C=O) groups is 1. The van der Waals surface area contributed by atoms with Crippen LogP contribution in [0.4, 0.5) is 6.01 Å². The molecule has 0 radical (unpaired) electrons. The van der Waals surface area contributed by atoms with Crippen molar-refractivity contribution in [2.24, 2.45) is 5.92 Å². The number of aliphatic hydroxyl groups is 1. The number of benzene rings is 2. The molecule has 146 valence electrons. The van der Waals surface area contributed by atoms with Crippen LogP contribution in [0.25, 0.3) is 11.1 Å². The maximum Gasteiger partial charge on any atom is 0.298 e. The van der Waals surface area contributed by atoms with Crippen molar-refractivity contribution in [3.05, 3.63) is 59.1 Å². The van der Waals surface area contributed by atoms with Crippen molar-refractivity contribution < 1.29 is 14.3 Å². The molecule has 0 bridgehead atoms. The number of piperidine rings is 1. The fourth-order valence-electron chi connectivity index (χ4n) is 3.50.